The van der Waals surface area contributed by atoms with Crippen LogP contribution in [0, 0.1) is 18.7 Å². The van der Waals surface area contributed by atoms with Crippen molar-refractivity contribution >= 4 is 28.6 Å². The van der Waals surface area contributed by atoms with Crippen LogP contribution in [0.15, 0.2) is 71.3 Å². The Morgan fingerprint density at radius 3 is 2.50 bits per heavy atom. The van der Waals surface area contributed by atoms with Crippen LogP contribution in [0.3, 0.4) is 0 Å². The van der Waals surface area contributed by atoms with E-state index in [-0.39, 0.29) is 23.2 Å². The molecule has 5 nitrogen and oxygen atoms in total. The molecule has 2 aromatic carbocycles. The molecule has 0 saturated carbocycles. The topological polar surface area (TPSA) is 46.2 Å². The van der Waals surface area contributed by atoms with Gasteiger partial charge < -0.3 is 0 Å². The zero-order valence-electron chi connectivity index (χ0n) is 18.8. The second-order valence-corrected chi connectivity index (χ2v) is 10.4. The fourth-order valence-corrected chi connectivity index (χ4v) is 5.81. The van der Waals surface area contributed by atoms with Gasteiger partial charge in [-0.3, -0.25) is 14.6 Å². The van der Waals surface area contributed by atoms with E-state index in [1.165, 1.54) is 16.4 Å². The fourth-order valence-electron chi connectivity index (χ4n) is 4.31. The first-order chi connectivity index (χ1) is 15.2. The van der Waals surface area contributed by atoms with Gasteiger partial charge in [0.1, 0.15) is 18.2 Å². The molecular weight excluding hydrogens is 424 g/mol. The molecule has 0 amide bonds. The summed E-state index contributed by atoms with van der Waals surface area (Å²) in [7, 11) is 2.23. The Bertz CT molecular complexity index is 1260. The lowest BCUT2D eigenvalue weighted by molar-refractivity contribution is -0.652. The highest BCUT2D eigenvalue weighted by atomic mass is 32.2. The minimum Gasteiger partial charge on any atom is -0.280 e. The maximum Gasteiger partial charge on any atom is 0.243 e. The van der Waals surface area contributed by atoms with Gasteiger partial charge in [-0.25, -0.2) is 12.8 Å². The summed E-state index contributed by atoms with van der Waals surface area (Å²) in [6.07, 6.45) is 3.89. The molecular formula is C24H27BFN3O2S. The summed E-state index contributed by atoms with van der Waals surface area (Å²) in [6, 6.07) is 13.5. The Morgan fingerprint density at radius 1 is 1.16 bits per heavy atom. The monoisotopic (exact) mass is 451 g/mol. The summed E-state index contributed by atoms with van der Waals surface area (Å²) in [5.74, 6) is -0.414. The predicted octanol–water partition coefficient (Wildman–Crippen LogP) is 2.38. The maximum absolute atomic E-state index is 14.1. The van der Waals surface area contributed by atoms with Crippen molar-refractivity contribution in [2.75, 3.05) is 13.1 Å². The quantitative estimate of drug-likeness (QED) is 0.442. The van der Waals surface area contributed by atoms with Gasteiger partial charge >= 0.3 is 0 Å². The highest BCUT2D eigenvalue weighted by molar-refractivity contribution is 7.89. The third-order valence-electron chi connectivity index (χ3n) is 6.00. The van der Waals surface area contributed by atoms with Gasteiger partial charge in [-0.2, -0.15) is 4.31 Å². The number of imidazole rings is 1. The molecule has 4 rings (SSSR count). The standard InChI is InChI=1S/C24H27BFN3O2S/c1-17-8-10-21(11-9-17)32(30,31)29-15-18(2)23(19-6-5-7-20(26)14-19)22(16-29)25-24-27(3)12-13-28(24)4/h5-14,18H,15-16H2,1-4H3. The molecule has 0 aliphatic carbocycles. The smallest absolute Gasteiger partial charge is 0.243 e. The van der Waals surface area contributed by atoms with Gasteiger partial charge in [-0.15, -0.1) is 7.28 Å². The second-order valence-electron chi connectivity index (χ2n) is 8.48. The van der Waals surface area contributed by atoms with Crippen LogP contribution < -0.4 is 10.3 Å². The summed E-state index contributed by atoms with van der Waals surface area (Å²) >= 11 is 0. The van der Waals surface area contributed by atoms with E-state index < -0.39 is 10.0 Å². The summed E-state index contributed by atoms with van der Waals surface area (Å²) in [6.45, 7) is 4.48. The first kappa shape index (κ1) is 22.5. The van der Waals surface area contributed by atoms with Crippen LogP contribution in [0.4, 0.5) is 4.39 Å². The maximum atomic E-state index is 14.1. The van der Waals surface area contributed by atoms with Crippen molar-refractivity contribution in [1.29, 1.82) is 0 Å². The molecule has 0 bridgehead atoms. The van der Waals surface area contributed by atoms with Crippen LogP contribution in [-0.2, 0) is 24.1 Å². The van der Waals surface area contributed by atoms with E-state index in [1.54, 1.807) is 18.2 Å². The first-order valence-corrected chi connectivity index (χ1v) is 12.0. The Labute approximate surface area is 190 Å². The largest absolute Gasteiger partial charge is 0.280 e. The minimum atomic E-state index is -3.67. The van der Waals surface area contributed by atoms with Gasteiger partial charge in [0.15, 0.2) is 0 Å². The van der Waals surface area contributed by atoms with Crippen molar-refractivity contribution in [3.05, 3.63) is 83.3 Å². The molecule has 166 valence electrons. The lowest BCUT2D eigenvalue weighted by Crippen LogP contribution is -2.52. The van der Waals surface area contributed by atoms with Crippen LogP contribution >= 0.6 is 0 Å². The van der Waals surface area contributed by atoms with E-state index in [2.05, 4.69) is 0 Å². The van der Waals surface area contributed by atoms with Gasteiger partial charge in [0.2, 0.25) is 10.0 Å². The third-order valence-corrected chi connectivity index (χ3v) is 7.82. The van der Waals surface area contributed by atoms with Gasteiger partial charge in [0.25, 0.3) is 0 Å². The molecule has 0 N–H and O–H groups in total. The normalized spacial score (nSPS) is 17.7. The summed E-state index contributed by atoms with van der Waals surface area (Å²) < 4.78 is 46.4. The average molecular weight is 451 g/mol. The Balaban J connectivity index is 1.80. The van der Waals surface area contributed by atoms with E-state index in [0.717, 1.165) is 27.9 Å². The molecule has 8 heteroatoms. The number of rotatable bonds is 5. The summed E-state index contributed by atoms with van der Waals surface area (Å²) in [4.78, 5) is 0.285. The molecule has 0 saturated heterocycles. The van der Waals surface area contributed by atoms with Crippen LogP contribution in [0.25, 0.3) is 5.57 Å². The Morgan fingerprint density at radius 2 is 1.88 bits per heavy atom. The molecule has 2 heterocycles. The SMILES string of the molecule is Cc1ccc(S(=O)(=O)N2CC([B-]c3n(C)cc[n+]3C)=C(c3cccc(F)c3)C(C)C2)cc1. The zero-order valence-corrected chi connectivity index (χ0v) is 19.6. The lowest BCUT2D eigenvalue weighted by Gasteiger charge is -2.39. The van der Waals surface area contributed by atoms with Crippen molar-refractivity contribution in [1.82, 2.24) is 8.87 Å². The van der Waals surface area contributed by atoms with Gasteiger partial charge in [-0.05, 0) is 49.2 Å². The van der Waals surface area contributed by atoms with Crippen LogP contribution in [-0.4, -0.2) is 37.7 Å². The van der Waals surface area contributed by atoms with E-state index >= 15 is 0 Å². The van der Waals surface area contributed by atoms with Crippen LogP contribution in [0.5, 0.6) is 0 Å². The molecule has 0 spiro atoms. The first-order valence-electron chi connectivity index (χ1n) is 10.6. The van der Waals surface area contributed by atoms with Crippen LogP contribution in [0.2, 0.25) is 0 Å². The van der Waals surface area contributed by atoms with Crippen LogP contribution in [0.1, 0.15) is 18.1 Å². The number of halogens is 1. The molecule has 1 aliphatic rings. The van der Waals surface area contributed by atoms with Crippen molar-refractivity contribution in [2.24, 2.45) is 20.0 Å². The van der Waals surface area contributed by atoms with E-state index in [1.807, 2.05) is 74.9 Å². The molecule has 1 aromatic heterocycles. The predicted molar refractivity (Wildman–Crippen MR) is 124 cm³/mol. The third kappa shape index (κ3) is 4.29. The Kier molecular flexibility index (Phi) is 6.10. The lowest BCUT2D eigenvalue weighted by atomic mass is 9.62. The molecule has 1 unspecified atom stereocenters. The highest BCUT2D eigenvalue weighted by Crippen LogP contribution is 2.34. The van der Waals surface area contributed by atoms with Crippen molar-refractivity contribution in [3.8, 4) is 0 Å². The average Bonchev–Trinajstić information content (AvgIpc) is 3.06. The second kappa shape index (κ2) is 8.67. The van der Waals surface area contributed by atoms with E-state index in [0.29, 0.717) is 6.54 Å². The number of hydrogen-bond donors (Lipinski definition) is 0. The molecule has 0 fully saturated rings. The number of nitrogens with zero attached hydrogens (tertiary/aromatic N) is 3. The highest BCUT2D eigenvalue weighted by Gasteiger charge is 2.31. The van der Waals surface area contributed by atoms with Gasteiger partial charge in [0, 0.05) is 12.3 Å². The number of aromatic nitrogens is 2. The van der Waals surface area contributed by atoms with Crippen molar-refractivity contribution < 1.29 is 17.4 Å². The van der Waals surface area contributed by atoms with E-state index in [4.69, 9.17) is 0 Å². The number of sulfonamides is 1. The zero-order chi connectivity index (χ0) is 23.0. The summed E-state index contributed by atoms with van der Waals surface area (Å²) in [5, 5.41) is 0. The summed E-state index contributed by atoms with van der Waals surface area (Å²) in [5.41, 5.74) is 4.56. The van der Waals surface area contributed by atoms with Crippen molar-refractivity contribution in [3.63, 3.8) is 0 Å². The Hall–Kier alpha value is -2.71. The molecule has 32 heavy (non-hydrogen) atoms. The molecule has 3 aromatic rings. The number of benzene rings is 2. The van der Waals surface area contributed by atoms with Gasteiger partial charge in [-0.1, -0.05) is 42.3 Å². The molecule has 1 atom stereocenters. The minimum absolute atomic E-state index is 0.109. The van der Waals surface area contributed by atoms with Gasteiger partial charge in [0.05, 0.1) is 19.0 Å². The van der Waals surface area contributed by atoms with Crippen molar-refractivity contribution in [2.45, 2.75) is 18.7 Å². The number of hydrogen-bond acceptors (Lipinski definition) is 2. The van der Waals surface area contributed by atoms with E-state index in [9.17, 15) is 12.8 Å². The number of aryl methyl sites for hydroxylation is 3. The fraction of sp³-hybridized carbons (Fsp3) is 0.292. The molecule has 2 radical (unpaired) electrons. The molecule has 1 aliphatic heterocycles.